The Hall–Kier alpha value is -2.17. The molecule has 0 unspecified atom stereocenters. The second-order valence-electron chi connectivity index (χ2n) is 5.53. The molecule has 3 rings (SSSR count). The van der Waals surface area contributed by atoms with Crippen molar-refractivity contribution in [3.05, 3.63) is 23.8 Å². The summed E-state index contributed by atoms with van der Waals surface area (Å²) in [6, 6.07) is 4.42. The number of benzene rings is 1. The molecule has 0 atom stereocenters. The molecule has 1 aromatic rings. The first-order valence-electron chi connectivity index (χ1n) is 7.42. The highest BCUT2D eigenvalue weighted by Gasteiger charge is 2.31. The molecule has 2 amide bonds. The summed E-state index contributed by atoms with van der Waals surface area (Å²) in [6.07, 6.45) is 0.580. The van der Waals surface area contributed by atoms with Crippen LogP contribution in [0.4, 0.5) is 5.69 Å². The third kappa shape index (κ3) is 3.07. The van der Waals surface area contributed by atoms with Crippen molar-refractivity contribution in [2.24, 2.45) is 0 Å². The Morgan fingerprint density at radius 2 is 2.12 bits per heavy atom. The van der Waals surface area contributed by atoms with Gasteiger partial charge in [-0.2, -0.15) is 0 Å². The van der Waals surface area contributed by atoms with Crippen LogP contribution in [0, 0.1) is 0 Å². The van der Waals surface area contributed by atoms with Crippen LogP contribution in [0.3, 0.4) is 0 Å². The maximum Gasteiger partial charge on any atom is 0.274 e. The number of hydroxylamine groups is 1. The van der Waals surface area contributed by atoms with E-state index in [0.717, 1.165) is 0 Å². The van der Waals surface area contributed by atoms with E-state index in [0.29, 0.717) is 24.4 Å². The molecule has 0 aliphatic carbocycles. The minimum atomic E-state index is -3.24. The highest BCUT2D eigenvalue weighted by atomic mass is 32.2. The van der Waals surface area contributed by atoms with Gasteiger partial charge in [0.1, 0.15) is 5.75 Å². The molecule has 2 heterocycles. The Bertz CT molecular complexity index is 779. The summed E-state index contributed by atoms with van der Waals surface area (Å²) in [5, 5.41) is 8.73. The number of nitrogens with zero attached hydrogens (tertiary/aromatic N) is 2. The van der Waals surface area contributed by atoms with Gasteiger partial charge in [-0.05, 0) is 24.6 Å². The molecule has 1 aromatic carbocycles. The van der Waals surface area contributed by atoms with Crippen molar-refractivity contribution >= 4 is 27.5 Å². The summed E-state index contributed by atoms with van der Waals surface area (Å²) in [4.78, 5) is 25.1. The second kappa shape index (κ2) is 6.38. The Kier molecular flexibility index (Phi) is 4.43. The fourth-order valence-corrected chi connectivity index (χ4v) is 4.33. The number of hydrogen-bond acceptors (Lipinski definition) is 6. The van der Waals surface area contributed by atoms with Crippen molar-refractivity contribution in [1.82, 2.24) is 9.79 Å². The zero-order valence-corrected chi connectivity index (χ0v) is 13.6. The Labute approximate surface area is 138 Å². The number of amides is 2. The highest BCUT2D eigenvalue weighted by molar-refractivity contribution is 7.89. The average molecular weight is 355 g/mol. The van der Waals surface area contributed by atoms with Gasteiger partial charge in [-0.15, -0.1) is 0 Å². The number of fused-ring (bicyclic) bond motifs is 1. The van der Waals surface area contributed by atoms with Gasteiger partial charge >= 0.3 is 0 Å². The molecule has 1 fully saturated rings. The van der Waals surface area contributed by atoms with Gasteiger partial charge in [-0.3, -0.25) is 14.8 Å². The molecule has 9 nitrogen and oxygen atoms in total. The quantitative estimate of drug-likeness (QED) is 0.559. The first kappa shape index (κ1) is 16.7. The molecule has 2 aliphatic rings. The Morgan fingerprint density at radius 3 is 2.79 bits per heavy atom. The number of carbonyl (C=O) groups is 2. The average Bonchev–Trinajstić information content (AvgIpc) is 2.91. The van der Waals surface area contributed by atoms with Crippen molar-refractivity contribution in [3.63, 3.8) is 0 Å². The van der Waals surface area contributed by atoms with E-state index in [9.17, 15) is 18.0 Å². The first-order chi connectivity index (χ1) is 11.4. The molecule has 2 aliphatic heterocycles. The van der Waals surface area contributed by atoms with Crippen molar-refractivity contribution in [1.29, 1.82) is 0 Å². The standard InChI is InChI=1S/C14H17N3O6S/c18-13-9-23-12-3-2-10(14(19)15-20)8-11(12)17(13)6-5-16-4-1-7-24(16,21)22/h2-3,8,20H,1,4-7,9H2,(H,15,19). The maximum atomic E-state index is 12.2. The molecule has 0 radical (unpaired) electrons. The topological polar surface area (TPSA) is 116 Å². The van der Waals surface area contributed by atoms with Gasteiger partial charge in [0, 0.05) is 25.2 Å². The van der Waals surface area contributed by atoms with Crippen LogP contribution in [0.2, 0.25) is 0 Å². The molecular formula is C14H17N3O6S. The zero-order valence-electron chi connectivity index (χ0n) is 12.8. The van der Waals surface area contributed by atoms with Crippen LogP contribution < -0.4 is 15.1 Å². The summed E-state index contributed by atoms with van der Waals surface area (Å²) < 4.78 is 30.4. The number of ether oxygens (including phenoxy) is 1. The Morgan fingerprint density at radius 1 is 1.33 bits per heavy atom. The number of sulfonamides is 1. The molecule has 0 saturated carbocycles. The maximum absolute atomic E-state index is 12.2. The summed E-state index contributed by atoms with van der Waals surface area (Å²) in [5.41, 5.74) is 2.07. The van der Waals surface area contributed by atoms with Gasteiger partial charge in [0.25, 0.3) is 11.8 Å². The summed E-state index contributed by atoms with van der Waals surface area (Å²) >= 11 is 0. The number of carbonyl (C=O) groups excluding carboxylic acids is 2. The fourth-order valence-electron chi connectivity index (χ4n) is 2.81. The van der Waals surface area contributed by atoms with Crippen LogP contribution in [0.1, 0.15) is 16.8 Å². The molecule has 10 heteroatoms. The second-order valence-corrected chi connectivity index (χ2v) is 7.61. The predicted octanol–water partition coefficient (Wildman–Crippen LogP) is -0.433. The lowest BCUT2D eigenvalue weighted by Gasteiger charge is -2.30. The van der Waals surface area contributed by atoms with Gasteiger partial charge in [0.2, 0.25) is 10.0 Å². The van der Waals surface area contributed by atoms with E-state index in [-0.39, 0.29) is 36.9 Å². The van der Waals surface area contributed by atoms with Crippen molar-refractivity contribution in [2.45, 2.75) is 6.42 Å². The SMILES string of the molecule is O=C(NO)c1ccc2c(c1)N(CCN1CCCS1(=O)=O)C(=O)CO2. The van der Waals surface area contributed by atoms with E-state index >= 15 is 0 Å². The molecular weight excluding hydrogens is 338 g/mol. The lowest BCUT2D eigenvalue weighted by Crippen LogP contribution is -2.44. The number of rotatable bonds is 4. The van der Waals surface area contributed by atoms with Crippen molar-refractivity contribution < 1.29 is 28.0 Å². The lowest BCUT2D eigenvalue weighted by atomic mass is 10.1. The first-order valence-corrected chi connectivity index (χ1v) is 9.03. The monoisotopic (exact) mass is 355 g/mol. The third-order valence-corrected chi connectivity index (χ3v) is 6.00. The highest BCUT2D eigenvalue weighted by Crippen LogP contribution is 2.33. The summed E-state index contributed by atoms with van der Waals surface area (Å²) in [7, 11) is -3.24. The van der Waals surface area contributed by atoms with E-state index in [1.54, 1.807) is 0 Å². The molecule has 1 saturated heterocycles. The van der Waals surface area contributed by atoms with E-state index < -0.39 is 15.9 Å². The van der Waals surface area contributed by atoms with Crippen LogP contribution >= 0.6 is 0 Å². The molecule has 0 aromatic heterocycles. The van der Waals surface area contributed by atoms with E-state index in [4.69, 9.17) is 9.94 Å². The molecule has 0 spiro atoms. The number of nitrogens with one attached hydrogen (secondary N) is 1. The van der Waals surface area contributed by atoms with Crippen LogP contribution in [-0.2, 0) is 14.8 Å². The van der Waals surface area contributed by atoms with Gasteiger partial charge < -0.3 is 9.64 Å². The minimum Gasteiger partial charge on any atom is -0.482 e. The molecule has 130 valence electrons. The van der Waals surface area contributed by atoms with Crippen LogP contribution in [0.25, 0.3) is 0 Å². The lowest BCUT2D eigenvalue weighted by molar-refractivity contribution is -0.121. The molecule has 24 heavy (non-hydrogen) atoms. The van der Waals surface area contributed by atoms with Gasteiger partial charge in [-0.1, -0.05) is 0 Å². The van der Waals surface area contributed by atoms with Gasteiger partial charge in [0.15, 0.2) is 6.61 Å². The van der Waals surface area contributed by atoms with Gasteiger partial charge in [0.05, 0.1) is 11.4 Å². The minimum absolute atomic E-state index is 0.126. The molecule has 0 bridgehead atoms. The van der Waals surface area contributed by atoms with Crippen molar-refractivity contribution in [2.75, 3.05) is 36.9 Å². The van der Waals surface area contributed by atoms with Crippen LogP contribution in [0.5, 0.6) is 5.75 Å². The Balaban J connectivity index is 1.83. The summed E-state index contributed by atoms with van der Waals surface area (Å²) in [5.74, 6) is -0.478. The van der Waals surface area contributed by atoms with E-state index in [1.165, 1.54) is 32.9 Å². The fraction of sp³-hybridized carbons (Fsp3) is 0.429. The largest absolute Gasteiger partial charge is 0.482 e. The normalized spacial score (nSPS) is 19.7. The van der Waals surface area contributed by atoms with Crippen LogP contribution in [0.15, 0.2) is 18.2 Å². The van der Waals surface area contributed by atoms with Crippen molar-refractivity contribution in [3.8, 4) is 5.75 Å². The number of anilines is 1. The van der Waals surface area contributed by atoms with E-state index in [2.05, 4.69) is 0 Å². The van der Waals surface area contributed by atoms with Crippen LogP contribution in [-0.4, -0.2) is 61.7 Å². The molecule has 2 N–H and O–H groups in total. The third-order valence-electron chi connectivity index (χ3n) is 4.04. The predicted molar refractivity (Wildman–Crippen MR) is 83.5 cm³/mol. The zero-order chi connectivity index (χ0) is 17.3. The smallest absolute Gasteiger partial charge is 0.274 e. The summed E-state index contributed by atoms with van der Waals surface area (Å²) in [6.45, 7) is 0.647. The van der Waals surface area contributed by atoms with E-state index in [1.807, 2.05) is 0 Å². The van der Waals surface area contributed by atoms with Gasteiger partial charge in [-0.25, -0.2) is 18.2 Å². The number of hydrogen-bond donors (Lipinski definition) is 2.